The van der Waals surface area contributed by atoms with E-state index in [-0.39, 0.29) is 0 Å². The minimum atomic E-state index is -0.536. The zero-order valence-corrected chi connectivity index (χ0v) is 7.00. The van der Waals surface area contributed by atoms with Crippen LogP contribution in [-0.2, 0) is 5.54 Å². The molecule has 0 radical (unpaired) electrons. The second-order valence-electron chi connectivity index (χ2n) is 3.36. The van der Waals surface area contributed by atoms with E-state index < -0.39 is 5.54 Å². The average molecular weight is 166 g/mol. The highest BCUT2D eigenvalue weighted by Gasteiger charge is 2.21. The number of nitrogens with two attached hydrogens (primary N) is 1. The van der Waals surface area contributed by atoms with Gasteiger partial charge < -0.3 is 14.6 Å². The molecule has 64 valence electrons. The molecule has 0 aliphatic carbocycles. The van der Waals surface area contributed by atoms with Crippen molar-refractivity contribution in [2.75, 3.05) is 0 Å². The van der Waals surface area contributed by atoms with Crippen molar-refractivity contribution in [3.63, 3.8) is 0 Å². The first kappa shape index (κ1) is 7.36. The fourth-order valence-electron chi connectivity index (χ4n) is 0.948. The highest BCUT2D eigenvalue weighted by atomic mass is 16.4. The summed E-state index contributed by atoms with van der Waals surface area (Å²) >= 11 is 0. The van der Waals surface area contributed by atoms with Crippen LogP contribution in [0.2, 0.25) is 0 Å². The Balaban J connectivity index is 2.59. The Labute approximate surface area is 69.4 Å². The minimum Gasteiger partial charge on any atom is -0.466 e. The molecule has 2 aromatic rings. The summed E-state index contributed by atoms with van der Waals surface area (Å²) in [5.41, 5.74) is 6.61. The molecule has 0 saturated carbocycles. The number of fused-ring (bicyclic) bond motifs is 1. The number of nitrogens with zero attached hydrogens (tertiary/aromatic N) is 1. The molecule has 0 bridgehead atoms. The monoisotopic (exact) mass is 166 g/mol. The van der Waals surface area contributed by atoms with Crippen LogP contribution in [0.5, 0.6) is 0 Å². The Morgan fingerprint density at radius 3 is 2.75 bits per heavy atom. The lowest BCUT2D eigenvalue weighted by Crippen LogP contribution is -2.28. The minimum absolute atomic E-state index is 0.531. The Bertz CT molecular complexity index is 366. The van der Waals surface area contributed by atoms with Gasteiger partial charge in [-0.2, -0.15) is 0 Å². The molecular formula is C8H10N2O2. The summed E-state index contributed by atoms with van der Waals surface area (Å²) in [4.78, 5) is 4.16. The lowest BCUT2D eigenvalue weighted by Gasteiger charge is -2.11. The summed E-state index contributed by atoms with van der Waals surface area (Å²) in [5, 5.41) is 0. The van der Waals surface area contributed by atoms with E-state index in [4.69, 9.17) is 14.6 Å². The number of hydrogen-bond donors (Lipinski definition) is 1. The van der Waals surface area contributed by atoms with Crippen LogP contribution >= 0.6 is 0 Å². The van der Waals surface area contributed by atoms with E-state index in [1.807, 2.05) is 13.8 Å². The molecule has 4 heteroatoms. The maximum Gasteiger partial charge on any atom is 0.215 e. The van der Waals surface area contributed by atoms with Gasteiger partial charge in [-0.15, -0.1) is 0 Å². The zero-order chi connectivity index (χ0) is 8.77. The normalized spacial score (nSPS) is 12.6. The van der Waals surface area contributed by atoms with Gasteiger partial charge in [-0.25, -0.2) is 4.98 Å². The summed E-state index contributed by atoms with van der Waals surface area (Å²) in [6, 6.07) is 0. The van der Waals surface area contributed by atoms with Crippen molar-refractivity contribution >= 4 is 11.1 Å². The van der Waals surface area contributed by atoms with Gasteiger partial charge in [0.1, 0.15) is 18.0 Å². The molecule has 2 heterocycles. The molecule has 0 aliphatic heterocycles. The largest absolute Gasteiger partial charge is 0.466 e. The van der Waals surface area contributed by atoms with Gasteiger partial charge in [0.2, 0.25) is 5.89 Å². The van der Waals surface area contributed by atoms with Gasteiger partial charge >= 0.3 is 0 Å². The summed E-state index contributed by atoms with van der Waals surface area (Å²) in [5.74, 6) is 0.531. The lowest BCUT2D eigenvalue weighted by atomic mass is 10.1. The first-order valence-electron chi connectivity index (χ1n) is 3.69. The van der Waals surface area contributed by atoms with Crippen molar-refractivity contribution in [3.8, 4) is 0 Å². The third-order valence-corrected chi connectivity index (χ3v) is 1.59. The molecule has 2 aromatic heterocycles. The number of furan rings is 1. The predicted octanol–water partition coefficient (Wildman–Crippen LogP) is 1.61. The smallest absolute Gasteiger partial charge is 0.215 e. The standard InChI is InChI=1S/C8H10N2O2/c1-8(2,9)7-10-5-3-11-4-6(5)12-7/h3-4H,9H2,1-2H3. The highest BCUT2D eigenvalue weighted by Crippen LogP contribution is 2.22. The van der Waals surface area contributed by atoms with E-state index in [0.717, 1.165) is 0 Å². The predicted molar refractivity (Wildman–Crippen MR) is 43.5 cm³/mol. The summed E-state index contributed by atoms with van der Waals surface area (Å²) in [7, 11) is 0. The van der Waals surface area contributed by atoms with Crippen LogP contribution in [0, 0.1) is 0 Å². The average Bonchev–Trinajstić information content (AvgIpc) is 2.37. The van der Waals surface area contributed by atoms with E-state index in [2.05, 4.69) is 4.98 Å². The van der Waals surface area contributed by atoms with E-state index in [0.29, 0.717) is 17.0 Å². The molecule has 0 aromatic carbocycles. The van der Waals surface area contributed by atoms with Crippen LogP contribution in [0.4, 0.5) is 0 Å². The van der Waals surface area contributed by atoms with E-state index in [1.165, 1.54) is 12.5 Å². The molecule has 0 saturated heterocycles. The highest BCUT2D eigenvalue weighted by molar-refractivity contribution is 5.70. The second kappa shape index (κ2) is 2.10. The van der Waals surface area contributed by atoms with Crippen molar-refractivity contribution < 1.29 is 8.83 Å². The number of aromatic nitrogens is 1. The van der Waals surface area contributed by atoms with Gasteiger partial charge in [0.25, 0.3) is 0 Å². The van der Waals surface area contributed by atoms with Crippen LogP contribution < -0.4 is 5.73 Å². The molecule has 0 fully saturated rings. The zero-order valence-electron chi connectivity index (χ0n) is 7.00. The summed E-state index contributed by atoms with van der Waals surface area (Å²) in [6.07, 6.45) is 3.05. The van der Waals surface area contributed by atoms with Crippen molar-refractivity contribution in [3.05, 3.63) is 18.4 Å². The van der Waals surface area contributed by atoms with Crippen LogP contribution in [-0.4, -0.2) is 4.98 Å². The van der Waals surface area contributed by atoms with Gasteiger partial charge in [0, 0.05) is 0 Å². The lowest BCUT2D eigenvalue weighted by molar-refractivity contribution is 0.390. The maximum absolute atomic E-state index is 5.79. The van der Waals surface area contributed by atoms with Crippen molar-refractivity contribution in [1.82, 2.24) is 4.98 Å². The van der Waals surface area contributed by atoms with Gasteiger partial charge in [-0.05, 0) is 13.8 Å². The van der Waals surface area contributed by atoms with Gasteiger partial charge in [-0.3, -0.25) is 0 Å². The Hall–Kier alpha value is -1.29. The SMILES string of the molecule is CC(C)(N)c1nc2cocc2o1. The Morgan fingerprint density at radius 2 is 2.17 bits per heavy atom. The van der Waals surface area contributed by atoms with E-state index >= 15 is 0 Å². The molecule has 4 nitrogen and oxygen atoms in total. The fourth-order valence-corrected chi connectivity index (χ4v) is 0.948. The first-order chi connectivity index (χ1) is 5.57. The number of hydrogen-bond acceptors (Lipinski definition) is 4. The second-order valence-corrected chi connectivity index (χ2v) is 3.36. The van der Waals surface area contributed by atoms with Crippen LogP contribution in [0.1, 0.15) is 19.7 Å². The van der Waals surface area contributed by atoms with Gasteiger partial charge in [0.05, 0.1) is 5.54 Å². The maximum atomic E-state index is 5.79. The molecule has 0 unspecified atom stereocenters. The first-order valence-corrected chi connectivity index (χ1v) is 3.69. The summed E-state index contributed by atoms with van der Waals surface area (Å²) in [6.45, 7) is 3.68. The number of rotatable bonds is 1. The molecule has 0 aliphatic rings. The third-order valence-electron chi connectivity index (χ3n) is 1.59. The van der Waals surface area contributed by atoms with Crippen molar-refractivity contribution in [2.24, 2.45) is 5.73 Å². The van der Waals surface area contributed by atoms with E-state index in [1.54, 1.807) is 0 Å². The Kier molecular flexibility index (Phi) is 1.29. The number of oxazole rings is 1. The van der Waals surface area contributed by atoms with Crippen LogP contribution in [0.15, 0.2) is 21.4 Å². The molecule has 12 heavy (non-hydrogen) atoms. The van der Waals surface area contributed by atoms with Crippen molar-refractivity contribution in [1.29, 1.82) is 0 Å². The van der Waals surface area contributed by atoms with Crippen LogP contribution in [0.3, 0.4) is 0 Å². The van der Waals surface area contributed by atoms with Crippen molar-refractivity contribution in [2.45, 2.75) is 19.4 Å². The quantitative estimate of drug-likeness (QED) is 0.699. The van der Waals surface area contributed by atoms with Crippen LogP contribution in [0.25, 0.3) is 11.1 Å². The topological polar surface area (TPSA) is 65.2 Å². The molecule has 2 N–H and O–H groups in total. The van der Waals surface area contributed by atoms with Gasteiger partial charge in [0.15, 0.2) is 5.58 Å². The molecule has 0 atom stereocenters. The molecular weight excluding hydrogens is 156 g/mol. The van der Waals surface area contributed by atoms with E-state index in [9.17, 15) is 0 Å². The molecule has 0 spiro atoms. The molecule has 0 amide bonds. The van der Waals surface area contributed by atoms with Gasteiger partial charge in [-0.1, -0.05) is 0 Å². The fraction of sp³-hybridized carbons (Fsp3) is 0.375. The summed E-state index contributed by atoms with van der Waals surface area (Å²) < 4.78 is 10.2. The molecule has 2 rings (SSSR count). The third kappa shape index (κ3) is 1.00. The Morgan fingerprint density at radius 1 is 1.42 bits per heavy atom.